The van der Waals surface area contributed by atoms with Gasteiger partial charge in [-0.15, -0.1) is 0 Å². The Hall–Kier alpha value is -1.26. The van der Waals surface area contributed by atoms with Crippen molar-refractivity contribution in [3.8, 4) is 11.5 Å². The van der Waals surface area contributed by atoms with Gasteiger partial charge in [-0.25, -0.2) is 0 Å². The van der Waals surface area contributed by atoms with E-state index in [9.17, 15) is 5.11 Å². The fourth-order valence-corrected chi connectivity index (χ4v) is 2.87. The molecule has 0 saturated heterocycles. The third kappa shape index (κ3) is 3.64. The molecule has 2 rings (SSSR count). The number of benzene rings is 1. The zero-order valence-electron chi connectivity index (χ0n) is 12.4. The molecule has 0 aromatic heterocycles. The fourth-order valence-electron chi connectivity index (χ4n) is 2.87. The average molecular weight is 279 g/mol. The number of hydrogen-bond donors (Lipinski definition) is 2. The summed E-state index contributed by atoms with van der Waals surface area (Å²) in [5.41, 5.74) is 1.17. The third-order valence-corrected chi connectivity index (χ3v) is 3.99. The van der Waals surface area contributed by atoms with E-state index < -0.39 is 0 Å². The number of aliphatic hydroxyl groups excluding tert-OH is 1. The average Bonchev–Trinajstić information content (AvgIpc) is 2.94. The molecule has 2 N–H and O–H groups in total. The maximum atomic E-state index is 9.33. The van der Waals surface area contributed by atoms with Gasteiger partial charge in [0.15, 0.2) is 11.5 Å². The van der Waals surface area contributed by atoms with Crippen molar-refractivity contribution in [2.75, 3.05) is 20.3 Å². The van der Waals surface area contributed by atoms with Crippen LogP contribution in [0.25, 0.3) is 0 Å². The largest absolute Gasteiger partial charge is 0.493 e. The summed E-state index contributed by atoms with van der Waals surface area (Å²) in [5.74, 6) is 1.96. The van der Waals surface area contributed by atoms with Gasteiger partial charge in [0.2, 0.25) is 0 Å². The first-order valence-corrected chi connectivity index (χ1v) is 7.42. The molecule has 20 heavy (non-hydrogen) atoms. The number of nitrogens with one attached hydrogen (secondary N) is 1. The van der Waals surface area contributed by atoms with Gasteiger partial charge in [0.25, 0.3) is 0 Å². The van der Waals surface area contributed by atoms with Crippen LogP contribution < -0.4 is 14.8 Å². The van der Waals surface area contributed by atoms with Crippen molar-refractivity contribution >= 4 is 0 Å². The molecule has 112 valence electrons. The minimum Gasteiger partial charge on any atom is -0.493 e. The maximum Gasteiger partial charge on any atom is 0.161 e. The van der Waals surface area contributed by atoms with Crippen molar-refractivity contribution < 1.29 is 14.6 Å². The van der Waals surface area contributed by atoms with Gasteiger partial charge in [-0.2, -0.15) is 0 Å². The summed E-state index contributed by atoms with van der Waals surface area (Å²) in [7, 11) is 1.66. The highest BCUT2D eigenvalue weighted by Gasteiger charge is 2.25. The van der Waals surface area contributed by atoms with E-state index in [1.54, 1.807) is 7.11 Å². The van der Waals surface area contributed by atoms with Crippen LogP contribution in [0.5, 0.6) is 11.5 Å². The second kappa shape index (κ2) is 7.50. The number of ether oxygens (including phenoxy) is 2. The smallest absolute Gasteiger partial charge is 0.161 e. The SMILES string of the molecule is CCOc1ccc(CNC2CCCC2CO)cc1OC. The van der Waals surface area contributed by atoms with E-state index in [1.807, 2.05) is 19.1 Å². The van der Waals surface area contributed by atoms with Gasteiger partial charge in [0, 0.05) is 19.2 Å². The molecule has 0 spiro atoms. The predicted octanol–water partition coefficient (Wildman–Crippen LogP) is 2.34. The Bertz CT molecular complexity index is 422. The van der Waals surface area contributed by atoms with Crippen molar-refractivity contribution in [3.63, 3.8) is 0 Å². The minimum atomic E-state index is 0.282. The minimum absolute atomic E-state index is 0.282. The number of hydrogen-bond acceptors (Lipinski definition) is 4. The van der Waals surface area contributed by atoms with Crippen LogP contribution in [0.15, 0.2) is 18.2 Å². The van der Waals surface area contributed by atoms with E-state index in [0.717, 1.165) is 30.9 Å². The summed E-state index contributed by atoms with van der Waals surface area (Å²) in [6, 6.07) is 6.46. The van der Waals surface area contributed by atoms with Crippen LogP contribution in [0, 0.1) is 5.92 Å². The molecule has 1 aromatic rings. The van der Waals surface area contributed by atoms with Crippen molar-refractivity contribution in [3.05, 3.63) is 23.8 Å². The lowest BCUT2D eigenvalue weighted by atomic mass is 10.0. The van der Waals surface area contributed by atoms with E-state index in [2.05, 4.69) is 11.4 Å². The van der Waals surface area contributed by atoms with Crippen molar-refractivity contribution in [2.45, 2.75) is 38.8 Å². The summed E-state index contributed by atoms with van der Waals surface area (Å²) in [6.45, 7) is 3.67. The molecule has 1 fully saturated rings. The van der Waals surface area contributed by atoms with Crippen LogP contribution in [-0.2, 0) is 6.54 Å². The van der Waals surface area contributed by atoms with E-state index in [4.69, 9.17) is 9.47 Å². The lowest BCUT2D eigenvalue weighted by Gasteiger charge is -2.19. The second-order valence-electron chi connectivity index (χ2n) is 5.28. The standard InChI is InChI=1S/C16H25NO3/c1-3-20-15-8-7-12(9-16(15)19-2)10-17-14-6-4-5-13(14)11-18/h7-9,13-14,17-18H,3-6,10-11H2,1-2H3. The molecule has 0 amide bonds. The van der Waals surface area contributed by atoms with Crippen molar-refractivity contribution in [1.29, 1.82) is 0 Å². The van der Waals surface area contributed by atoms with Gasteiger partial charge in [0.05, 0.1) is 13.7 Å². The maximum absolute atomic E-state index is 9.33. The zero-order valence-corrected chi connectivity index (χ0v) is 12.4. The Morgan fingerprint density at radius 1 is 1.30 bits per heavy atom. The molecule has 2 unspecified atom stereocenters. The van der Waals surface area contributed by atoms with Crippen molar-refractivity contribution in [1.82, 2.24) is 5.32 Å². The normalized spacial score (nSPS) is 21.9. The second-order valence-corrected chi connectivity index (χ2v) is 5.28. The molecular weight excluding hydrogens is 254 g/mol. The Kier molecular flexibility index (Phi) is 5.68. The summed E-state index contributed by atoms with van der Waals surface area (Å²) >= 11 is 0. The lowest BCUT2D eigenvalue weighted by Crippen LogP contribution is -2.33. The predicted molar refractivity (Wildman–Crippen MR) is 79.2 cm³/mol. The van der Waals surface area contributed by atoms with Gasteiger partial charge in [-0.05, 0) is 43.4 Å². The van der Waals surface area contributed by atoms with E-state index in [0.29, 0.717) is 18.6 Å². The first kappa shape index (κ1) is 15.1. The molecule has 1 saturated carbocycles. The summed E-state index contributed by atoms with van der Waals surface area (Å²) in [5, 5.41) is 12.9. The van der Waals surface area contributed by atoms with Gasteiger partial charge < -0.3 is 19.9 Å². The number of rotatable bonds is 7. The Morgan fingerprint density at radius 2 is 2.15 bits per heavy atom. The highest BCUT2D eigenvalue weighted by molar-refractivity contribution is 5.42. The molecule has 1 aliphatic rings. The van der Waals surface area contributed by atoms with Crippen LogP contribution in [-0.4, -0.2) is 31.5 Å². The lowest BCUT2D eigenvalue weighted by molar-refractivity contribution is 0.205. The number of aliphatic hydroxyl groups is 1. The summed E-state index contributed by atoms with van der Waals surface area (Å²) < 4.78 is 10.9. The molecule has 1 aromatic carbocycles. The molecule has 0 aliphatic heterocycles. The van der Waals surface area contributed by atoms with Crippen LogP contribution in [0.4, 0.5) is 0 Å². The first-order chi connectivity index (χ1) is 9.78. The first-order valence-electron chi connectivity index (χ1n) is 7.42. The van der Waals surface area contributed by atoms with E-state index in [1.165, 1.54) is 12.0 Å². The van der Waals surface area contributed by atoms with Crippen LogP contribution in [0.1, 0.15) is 31.7 Å². The van der Waals surface area contributed by atoms with Gasteiger partial charge >= 0.3 is 0 Å². The van der Waals surface area contributed by atoms with E-state index in [-0.39, 0.29) is 6.61 Å². The zero-order chi connectivity index (χ0) is 14.4. The molecule has 4 nitrogen and oxygen atoms in total. The van der Waals surface area contributed by atoms with Crippen LogP contribution >= 0.6 is 0 Å². The quantitative estimate of drug-likeness (QED) is 0.804. The molecule has 0 radical (unpaired) electrons. The molecule has 0 bridgehead atoms. The molecule has 4 heteroatoms. The Labute approximate surface area is 121 Å². The molecular formula is C16H25NO3. The van der Waals surface area contributed by atoms with Gasteiger partial charge in [-0.3, -0.25) is 0 Å². The van der Waals surface area contributed by atoms with E-state index >= 15 is 0 Å². The van der Waals surface area contributed by atoms with Gasteiger partial charge in [0.1, 0.15) is 0 Å². The highest BCUT2D eigenvalue weighted by Crippen LogP contribution is 2.29. The van der Waals surface area contributed by atoms with Crippen LogP contribution in [0.3, 0.4) is 0 Å². The monoisotopic (exact) mass is 279 g/mol. The van der Waals surface area contributed by atoms with Crippen molar-refractivity contribution in [2.24, 2.45) is 5.92 Å². The summed E-state index contributed by atoms with van der Waals surface area (Å²) in [4.78, 5) is 0. The third-order valence-electron chi connectivity index (χ3n) is 3.99. The summed E-state index contributed by atoms with van der Waals surface area (Å²) in [6.07, 6.45) is 3.48. The molecule has 0 heterocycles. The topological polar surface area (TPSA) is 50.7 Å². The Morgan fingerprint density at radius 3 is 2.85 bits per heavy atom. The van der Waals surface area contributed by atoms with Gasteiger partial charge in [-0.1, -0.05) is 12.5 Å². The highest BCUT2D eigenvalue weighted by atomic mass is 16.5. The molecule has 1 aliphatic carbocycles. The van der Waals surface area contributed by atoms with Crippen LogP contribution in [0.2, 0.25) is 0 Å². The fraction of sp³-hybridized carbons (Fsp3) is 0.625. The molecule has 2 atom stereocenters. The Balaban J connectivity index is 1.95. The number of methoxy groups -OCH3 is 1.